The van der Waals surface area contributed by atoms with Gasteiger partial charge >= 0.3 is 0 Å². The molecule has 1 heterocycles. The van der Waals surface area contributed by atoms with Crippen molar-refractivity contribution in [1.29, 1.82) is 0 Å². The minimum Gasteiger partial charge on any atom is -0.387 e. The van der Waals surface area contributed by atoms with Gasteiger partial charge in [-0.1, -0.05) is 0 Å². The first-order valence-electron chi connectivity index (χ1n) is 4.20. The highest BCUT2D eigenvalue weighted by Crippen LogP contribution is 2.11. The van der Waals surface area contributed by atoms with Crippen molar-refractivity contribution >= 4 is 5.91 Å². The Labute approximate surface area is 72.8 Å². The van der Waals surface area contributed by atoms with Crippen LogP contribution in [0.25, 0.3) is 0 Å². The highest BCUT2D eigenvalue weighted by atomic mass is 16.3. The third-order valence-electron chi connectivity index (χ3n) is 2.44. The molecule has 0 bridgehead atoms. The molecule has 0 aromatic heterocycles. The number of carbonyl (C=O) groups is 1. The topological polar surface area (TPSA) is 43.8 Å². The predicted octanol–water partition coefficient (Wildman–Crippen LogP) is -0.859. The molecule has 0 radical (unpaired) electrons. The van der Waals surface area contributed by atoms with Gasteiger partial charge < -0.3 is 14.9 Å². The Hall–Kier alpha value is -0.610. The number of carbonyl (C=O) groups excluding carboxylic acids is 1. The lowest BCUT2D eigenvalue weighted by atomic mass is 10.2. The maximum absolute atomic E-state index is 11.1. The molecule has 4 heteroatoms. The van der Waals surface area contributed by atoms with Crippen LogP contribution < -0.4 is 0 Å². The molecule has 1 aliphatic rings. The SMILES string of the molecule is CN1CCC(N(C)C(=O)CO)C1. The molecule has 1 unspecified atom stereocenters. The van der Waals surface area contributed by atoms with Crippen LogP contribution in [0.2, 0.25) is 0 Å². The van der Waals surface area contributed by atoms with Crippen LogP contribution >= 0.6 is 0 Å². The molecule has 0 aromatic rings. The summed E-state index contributed by atoms with van der Waals surface area (Å²) in [6.45, 7) is 1.58. The van der Waals surface area contributed by atoms with Gasteiger partial charge in [-0.3, -0.25) is 4.79 Å². The van der Waals surface area contributed by atoms with Crippen molar-refractivity contribution in [3.8, 4) is 0 Å². The molecule has 0 spiro atoms. The van der Waals surface area contributed by atoms with E-state index in [-0.39, 0.29) is 18.6 Å². The molecule has 70 valence electrons. The van der Waals surface area contributed by atoms with Crippen LogP contribution in [0.1, 0.15) is 6.42 Å². The van der Waals surface area contributed by atoms with Gasteiger partial charge in [0.05, 0.1) is 0 Å². The fourth-order valence-electron chi connectivity index (χ4n) is 1.54. The van der Waals surface area contributed by atoms with Crippen LogP contribution in [0.4, 0.5) is 0 Å². The lowest BCUT2D eigenvalue weighted by molar-refractivity contribution is -0.134. The average Bonchev–Trinajstić information content (AvgIpc) is 2.49. The fourth-order valence-corrected chi connectivity index (χ4v) is 1.54. The van der Waals surface area contributed by atoms with Gasteiger partial charge in [0.2, 0.25) is 5.91 Å². The first-order valence-corrected chi connectivity index (χ1v) is 4.20. The summed E-state index contributed by atoms with van der Waals surface area (Å²) in [6, 6.07) is 0.287. The summed E-state index contributed by atoms with van der Waals surface area (Å²) in [5.74, 6) is -0.185. The first kappa shape index (κ1) is 9.48. The Morgan fingerprint density at radius 1 is 1.75 bits per heavy atom. The van der Waals surface area contributed by atoms with E-state index < -0.39 is 0 Å². The summed E-state index contributed by atoms with van der Waals surface area (Å²) in [5.41, 5.74) is 0. The van der Waals surface area contributed by atoms with Gasteiger partial charge in [-0.05, 0) is 20.0 Å². The number of likely N-dealkylation sites (tertiary alicyclic amines) is 1. The van der Waals surface area contributed by atoms with Gasteiger partial charge in [0.15, 0.2) is 0 Å². The maximum Gasteiger partial charge on any atom is 0.248 e. The molecule has 0 aliphatic carbocycles. The Balaban J connectivity index is 2.42. The van der Waals surface area contributed by atoms with E-state index in [2.05, 4.69) is 4.90 Å². The van der Waals surface area contributed by atoms with Crippen molar-refractivity contribution < 1.29 is 9.90 Å². The number of aliphatic hydroxyl groups is 1. The number of nitrogens with zero attached hydrogens (tertiary/aromatic N) is 2. The van der Waals surface area contributed by atoms with E-state index in [0.717, 1.165) is 19.5 Å². The Morgan fingerprint density at radius 3 is 2.83 bits per heavy atom. The van der Waals surface area contributed by atoms with Crippen LogP contribution in [0.3, 0.4) is 0 Å². The highest BCUT2D eigenvalue weighted by Gasteiger charge is 2.25. The van der Waals surface area contributed by atoms with Crippen molar-refractivity contribution in [2.24, 2.45) is 0 Å². The summed E-state index contributed by atoms with van der Waals surface area (Å²) < 4.78 is 0. The highest BCUT2D eigenvalue weighted by molar-refractivity contribution is 5.77. The number of amides is 1. The van der Waals surface area contributed by atoms with Crippen molar-refractivity contribution in [3.05, 3.63) is 0 Å². The molecule has 1 rings (SSSR count). The van der Waals surface area contributed by atoms with Crippen molar-refractivity contribution in [1.82, 2.24) is 9.80 Å². The quantitative estimate of drug-likeness (QED) is 0.589. The Kier molecular flexibility index (Phi) is 3.05. The minimum atomic E-state index is -0.378. The van der Waals surface area contributed by atoms with Crippen molar-refractivity contribution in [2.75, 3.05) is 33.8 Å². The largest absolute Gasteiger partial charge is 0.387 e. The van der Waals surface area contributed by atoms with Crippen LogP contribution in [-0.2, 0) is 4.79 Å². The van der Waals surface area contributed by atoms with E-state index in [1.54, 1.807) is 11.9 Å². The second kappa shape index (κ2) is 3.87. The number of hydrogen-bond acceptors (Lipinski definition) is 3. The van der Waals surface area contributed by atoms with Gasteiger partial charge in [0.1, 0.15) is 6.61 Å². The second-order valence-electron chi connectivity index (χ2n) is 3.37. The molecule has 1 atom stereocenters. The molecular formula is C8H16N2O2. The smallest absolute Gasteiger partial charge is 0.248 e. The minimum absolute atomic E-state index is 0.185. The lowest BCUT2D eigenvalue weighted by Gasteiger charge is -2.23. The van der Waals surface area contributed by atoms with E-state index in [1.807, 2.05) is 7.05 Å². The van der Waals surface area contributed by atoms with Crippen molar-refractivity contribution in [3.63, 3.8) is 0 Å². The third kappa shape index (κ3) is 1.95. The molecule has 1 fully saturated rings. The first-order chi connectivity index (χ1) is 5.65. The van der Waals surface area contributed by atoms with Gasteiger partial charge in [-0.25, -0.2) is 0 Å². The third-order valence-corrected chi connectivity index (χ3v) is 2.44. The second-order valence-corrected chi connectivity index (χ2v) is 3.37. The molecule has 1 N–H and O–H groups in total. The maximum atomic E-state index is 11.1. The molecule has 1 amide bonds. The van der Waals surface area contributed by atoms with Gasteiger partial charge in [0.25, 0.3) is 0 Å². The van der Waals surface area contributed by atoms with Crippen molar-refractivity contribution in [2.45, 2.75) is 12.5 Å². The van der Waals surface area contributed by atoms with Crippen LogP contribution in [0, 0.1) is 0 Å². The summed E-state index contributed by atoms with van der Waals surface area (Å²) in [4.78, 5) is 14.9. The van der Waals surface area contributed by atoms with Gasteiger partial charge in [-0.2, -0.15) is 0 Å². The standard InChI is InChI=1S/C8H16N2O2/c1-9-4-3-7(5-9)10(2)8(12)6-11/h7,11H,3-6H2,1-2H3. The Bertz CT molecular complexity index is 172. The number of likely N-dealkylation sites (N-methyl/N-ethyl adjacent to an activating group) is 2. The summed E-state index contributed by atoms with van der Waals surface area (Å²) >= 11 is 0. The zero-order chi connectivity index (χ0) is 9.14. The molecular weight excluding hydrogens is 156 g/mol. The summed E-state index contributed by atoms with van der Waals surface area (Å²) in [7, 11) is 3.79. The molecule has 0 saturated carbocycles. The van der Waals surface area contributed by atoms with E-state index in [1.165, 1.54) is 0 Å². The van der Waals surface area contributed by atoms with Crippen LogP contribution in [0.5, 0.6) is 0 Å². The molecule has 12 heavy (non-hydrogen) atoms. The lowest BCUT2D eigenvalue weighted by Crippen LogP contribution is -2.40. The van der Waals surface area contributed by atoms with Gasteiger partial charge in [-0.15, -0.1) is 0 Å². The molecule has 0 aromatic carbocycles. The normalized spacial score (nSPS) is 24.4. The zero-order valence-corrected chi connectivity index (χ0v) is 7.66. The fraction of sp³-hybridized carbons (Fsp3) is 0.875. The van der Waals surface area contributed by atoms with E-state index in [4.69, 9.17) is 5.11 Å². The van der Waals surface area contributed by atoms with E-state index in [0.29, 0.717) is 0 Å². The summed E-state index contributed by atoms with van der Waals surface area (Å²) in [6.07, 6.45) is 1.01. The zero-order valence-electron chi connectivity index (χ0n) is 7.66. The number of hydrogen-bond donors (Lipinski definition) is 1. The average molecular weight is 172 g/mol. The van der Waals surface area contributed by atoms with Gasteiger partial charge in [0, 0.05) is 19.6 Å². The Morgan fingerprint density at radius 2 is 2.42 bits per heavy atom. The predicted molar refractivity (Wildman–Crippen MR) is 45.8 cm³/mol. The molecule has 1 saturated heterocycles. The molecule has 4 nitrogen and oxygen atoms in total. The monoisotopic (exact) mass is 172 g/mol. The molecule has 1 aliphatic heterocycles. The van der Waals surface area contributed by atoms with Crippen LogP contribution in [0.15, 0.2) is 0 Å². The van der Waals surface area contributed by atoms with E-state index >= 15 is 0 Å². The number of aliphatic hydroxyl groups excluding tert-OH is 1. The number of rotatable bonds is 2. The van der Waals surface area contributed by atoms with Crippen LogP contribution in [-0.4, -0.2) is 60.6 Å². The summed E-state index contributed by atoms with van der Waals surface area (Å²) in [5, 5.41) is 8.63. The van der Waals surface area contributed by atoms with E-state index in [9.17, 15) is 4.79 Å².